The number of ether oxygens (including phenoxy) is 1. The highest BCUT2D eigenvalue weighted by atomic mass is 16.6. The number of hydrogen-bond donors (Lipinski definition) is 1. The minimum atomic E-state index is -1.02. The molecule has 2 aromatic carbocycles. The Morgan fingerprint density at radius 3 is 2.54 bits per heavy atom. The first-order valence-electron chi connectivity index (χ1n) is 7.58. The van der Waals surface area contributed by atoms with Crippen LogP contribution in [-0.2, 0) is 11.2 Å². The van der Waals surface area contributed by atoms with Crippen molar-refractivity contribution >= 4 is 5.97 Å². The highest BCUT2D eigenvalue weighted by Crippen LogP contribution is 2.32. The molecule has 3 aromatic rings. The van der Waals surface area contributed by atoms with Gasteiger partial charge in [-0.2, -0.15) is 0 Å². The number of epoxide rings is 1. The van der Waals surface area contributed by atoms with Gasteiger partial charge in [0, 0.05) is 12.0 Å². The molecule has 0 amide bonds. The van der Waals surface area contributed by atoms with Crippen molar-refractivity contribution < 1.29 is 19.1 Å². The number of benzene rings is 2. The van der Waals surface area contributed by atoms with Crippen molar-refractivity contribution in [2.24, 2.45) is 0 Å². The van der Waals surface area contributed by atoms with Crippen LogP contribution in [0.1, 0.15) is 15.9 Å². The van der Waals surface area contributed by atoms with Crippen LogP contribution in [-0.4, -0.2) is 34.0 Å². The van der Waals surface area contributed by atoms with Gasteiger partial charge in [0.1, 0.15) is 0 Å². The first-order valence-corrected chi connectivity index (χ1v) is 7.58. The van der Waals surface area contributed by atoms with E-state index in [0.717, 1.165) is 11.1 Å². The number of carboxylic acid groups (broad SMARTS) is 1. The van der Waals surface area contributed by atoms with Crippen LogP contribution in [0.3, 0.4) is 0 Å². The molecule has 1 N–H and O–H groups in total. The summed E-state index contributed by atoms with van der Waals surface area (Å²) in [4.78, 5) is 11.6. The summed E-state index contributed by atoms with van der Waals surface area (Å²) in [6.07, 6.45) is 0.753. The van der Waals surface area contributed by atoms with Gasteiger partial charge >= 0.3 is 5.97 Å². The molecule has 1 unspecified atom stereocenters. The number of hydrogen-bond acceptors (Lipinski definition) is 5. The molecular weight excluding hydrogens is 308 g/mol. The Kier molecular flexibility index (Phi) is 3.59. The van der Waals surface area contributed by atoms with Gasteiger partial charge in [-0.25, -0.2) is 4.79 Å². The molecule has 1 aliphatic rings. The second-order valence-corrected chi connectivity index (χ2v) is 5.58. The fourth-order valence-corrected chi connectivity index (χ4v) is 2.65. The molecule has 1 atom stereocenters. The highest BCUT2D eigenvalue weighted by Gasteiger charge is 2.27. The fraction of sp³-hybridized carbons (Fsp3) is 0.167. The van der Waals surface area contributed by atoms with Gasteiger partial charge in [0.15, 0.2) is 0 Å². The summed E-state index contributed by atoms with van der Waals surface area (Å²) < 4.78 is 11.0. The van der Waals surface area contributed by atoms with Crippen molar-refractivity contribution in [1.82, 2.24) is 10.2 Å². The molecule has 1 aliphatic heterocycles. The molecule has 120 valence electrons. The number of aromatic nitrogens is 2. The summed E-state index contributed by atoms with van der Waals surface area (Å²) in [5.41, 5.74) is 2.24. The van der Waals surface area contributed by atoms with Crippen LogP contribution in [0.2, 0.25) is 0 Å². The van der Waals surface area contributed by atoms with Crippen LogP contribution >= 0.6 is 0 Å². The summed E-state index contributed by atoms with van der Waals surface area (Å²) in [5.74, 6) is -0.454. The molecule has 0 aliphatic carbocycles. The van der Waals surface area contributed by atoms with Gasteiger partial charge in [0.25, 0.3) is 0 Å². The second kappa shape index (κ2) is 5.90. The van der Waals surface area contributed by atoms with Gasteiger partial charge in [-0.3, -0.25) is 0 Å². The molecule has 6 nitrogen and oxygen atoms in total. The Hall–Kier alpha value is -2.99. The Labute approximate surface area is 137 Å². The largest absolute Gasteiger partial charge is 0.478 e. The van der Waals surface area contributed by atoms with Crippen LogP contribution in [0.25, 0.3) is 22.9 Å². The minimum absolute atomic E-state index is 0.129. The van der Waals surface area contributed by atoms with E-state index in [1.165, 1.54) is 0 Å². The number of nitrogens with zero attached hydrogens (tertiary/aromatic N) is 2. The number of carboxylic acids is 1. The summed E-state index contributed by atoms with van der Waals surface area (Å²) in [6.45, 7) is 0.690. The quantitative estimate of drug-likeness (QED) is 0.726. The zero-order chi connectivity index (χ0) is 16.5. The van der Waals surface area contributed by atoms with Gasteiger partial charge < -0.3 is 14.3 Å². The van der Waals surface area contributed by atoms with Gasteiger partial charge in [-0.1, -0.05) is 30.3 Å². The molecule has 4 rings (SSSR count). The van der Waals surface area contributed by atoms with E-state index in [2.05, 4.69) is 10.2 Å². The van der Waals surface area contributed by atoms with E-state index in [1.807, 2.05) is 36.4 Å². The van der Waals surface area contributed by atoms with Crippen LogP contribution in [0, 0.1) is 0 Å². The van der Waals surface area contributed by atoms with Crippen molar-refractivity contribution in [2.75, 3.05) is 6.61 Å². The smallest absolute Gasteiger partial charge is 0.336 e. The molecular formula is C18H14N2O4. The Bertz CT molecular complexity index is 885. The van der Waals surface area contributed by atoms with E-state index in [4.69, 9.17) is 9.15 Å². The fourth-order valence-electron chi connectivity index (χ4n) is 2.65. The van der Waals surface area contributed by atoms with Crippen molar-refractivity contribution in [3.63, 3.8) is 0 Å². The maximum atomic E-state index is 11.6. The Morgan fingerprint density at radius 1 is 1.08 bits per heavy atom. The molecule has 0 spiro atoms. The first-order chi connectivity index (χ1) is 11.7. The van der Waals surface area contributed by atoms with Crippen LogP contribution < -0.4 is 0 Å². The molecule has 6 heteroatoms. The first kappa shape index (κ1) is 14.6. The lowest BCUT2D eigenvalue weighted by molar-refractivity contribution is 0.0697. The molecule has 0 saturated carbocycles. The van der Waals surface area contributed by atoms with E-state index in [-0.39, 0.29) is 17.6 Å². The van der Waals surface area contributed by atoms with E-state index in [1.54, 1.807) is 12.1 Å². The van der Waals surface area contributed by atoms with Crippen molar-refractivity contribution in [3.05, 3.63) is 59.7 Å². The SMILES string of the molecule is O=C(O)c1cccc(CC2CO2)c1-c1nnc(-c2ccccc2)o1. The third kappa shape index (κ3) is 2.79. The van der Waals surface area contributed by atoms with E-state index in [0.29, 0.717) is 24.5 Å². The standard InChI is InChI=1S/C18H14N2O4/c21-18(22)14-8-4-7-12(9-13-10-23-13)15(14)17-20-19-16(24-17)11-5-2-1-3-6-11/h1-8,13H,9-10H2,(H,21,22). The predicted octanol–water partition coefficient (Wildman–Crippen LogP) is 3.04. The molecule has 2 heterocycles. The minimum Gasteiger partial charge on any atom is -0.478 e. The average Bonchev–Trinajstić information content (AvgIpc) is 3.28. The monoisotopic (exact) mass is 322 g/mol. The van der Waals surface area contributed by atoms with Crippen molar-refractivity contribution in [1.29, 1.82) is 0 Å². The van der Waals surface area contributed by atoms with E-state index >= 15 is 0 Å². The van der Waals surface area contributed by atoms with Gasteiger partial charge in [0.05, 0.1) is 23.8 Å². The summed E-state index contributed by atoms with van der Waals surface area (Å²) in [7, 11) is 0. The Balaban J connectivity index is 1.80. The molecule has 0 bridgehead atoms. The zero-order valence-electron chi connectivity index (χ0n) is 12.7. The van der Waals surface area contributed by atoms with E-state index in [9.17, 15) is 9.90 Å². The van der Waals surface area contributed by atoms with Gasteiger partial charge in [0.2, 0.25) is 11.8 Å². The molecule has 1 saturated heterocycles. The summed E-state index contributed by atoms with van der Waals surface area (Å²) in [6, 6.07) is 14.5. The average molecular weight is 322 g/mol. The molecule has 0 radical (unpaired) electrons. The third-order valence-electron chi connectivity index (χ3n) is 3.89. The van der Waals surface area contributed by atoms with E-state index < -0.39 is 5.97 Å². The van der Waals surface area contributed by atoms with Crippen LogP contribution in [0.5, 0.6) is 0 Å². The number of carbonyl (C=O) groups is 1. The molecule has 1 fully saturated rings. The highest BCUT2D eigenvalue weighted by molar-refractivity contribution is 5.95. The predicted molar refractivity (Wildman–Crippen MR) is 85.6 cm³/mol. The normalized spacial score (nSPS) is 16.1. The maximum absolute atomic E-state index is 11.6. The lowest BCUT2D eigenvalue weighted by Crippen LogP contribution is -2.05. The zero-order valence-corrected chi connectivity index (χ0v) is 12.7. The second-order valence-electron chi connectivity index (χ2n) is 5.58. The number of aromatic carboxylic acids is 1. The lowest BCUT2D eigenvalue weighted by atomic mass is 9.97. The lowest BCUT2D eigenvalue weighted by Gasteiger charge is -2.08. The van der Waals surface area contributed by atoms with Crippen molar-refractivity contribution in [2.45, 2.75) is 12.5 Å². The van der Waals surface area contributed by atoms with Crippen LogP contribution in [0.4, 0.5) is 0 Å². The maximum Gasteiger partial charge on any atom is 0.336 e. The van der Waals surface area contributed by atoms with Gasteiger partial charge in [-0.05, 0) is 23.8 Å². The molecule has 24 heavy (non-hydrogen) atoms. The summed E-state index contributed by atoms with van der Waals surface area (Å²) in [5, 5.41) is 17.6. The third-order valence-corrected chi connectivity index (χ3v) is 3.89. The van der Waals surface area contributed by atoms with Gasteiger partial charge in [-0.15, -0.1) is 10.2 Å². The Morgan fingerprint density at radius 2 is 1.83 bits per heavy atom. The van der Waals surface area contributed by atoms with Crippen molar-refractivity contribution in [3.8, 4) is 22.9 Å². The van der Waals surface area contributed by atoms with Crippen LogP contribution in [0.15, 0.2) is 52.9 Å². The summed E-state index contributed by atoms with van der Waals surface area (Å²) >= 11 is 0. The number of rotatable bonds is 5. The molecule has 1 aromatic heterocycles. The topological polar surface area (TPSA) is 88.8 Å².